The quantitative estimate of drug-likeness (QED) is 0.246. The third-order valence-corrected chi connectivity index (χ3v) is 7.43. The van der Waals surface area contributed by atoms with Crippen LogP contribution in [0.25, 0.3) is 20.8 Å². The molecule has 3 unspecified atom stereocenters. The van der Waals surface area contributed by atoms with Crippen molar-refractivity contribution in [2.24, 2.45) is 5.92 Å². The van der Waals surface area contributed by atoms with E-state index >= 15 is 0 Å². The van der Waals surface area contributed by atoms with Crippen LogP contribution in [0.15, 0.2) is 42.5 Å². The van der Waals surface area contributed by atoms with Crippen molar-refractivity contribution in [3.05, 3.63) is 59.5 Å². The van der Waals surface area contributed by atoms with Crippen molar-refractivity contribution in [1.29, 1.82) is 0 Å². The molecule has 5 N–H and O–H groups in total. The molecule has 0 aliphatic heterocycles. The monoisotopic (exact) mass is 492 g/mol. The van der Waals surface area contributed by atoms with Crippen LogP contribution in [0.1, 0.15) is 29.9 Å². The minimum atomic E-state index is -1.63. The zero-order valence-corrected chi connectivity index (χ0v) is 20.4. The topological polar surface area (TPSA) is 136 Å². The van der Waals surface area contributed by atoms with Crippen LogP contribution in [0.3, 0.4) is 0 Å². The van der Waals surface area contributed by atoms with Crippen LogP contribution >= 0.6 is 11.3 Å². The molecular weight excluding hydrogens is 464 g/mol. The Hall–Kier alpha value is -3.18. The molecule has 1 aromatic carbocycles. The zero-order chi connectivity index (χ0) is 24.6. The van der Waals surface area contributed by atoms with E-state index in [0.29, 0.717) is 41.0 Å². The van der Waals surface area contributed by atoms with Crippen molar-refractivity contribution in [2.45, 2.75) is 45.1 Å². The van der Waals surface area contributed by atoms with Gasteiger partial charge < -0.3 is 26.0 Å². The van der Waals surface area contributed by atoms with Gasteiger partial charge in [-0.3, -0.25) is 4.98 Å². The number of hydrogen-bond acceptors (Lipinski definition) is 10. The first kappa shape index (κ1) is 23.6. The highest BCUT2D eigenvalue weighted by molar-refractivity contribution is 7.21. The van der Waals surface area contributed by atoms with Crippen LogP contribution in [0.5, 0.6) is 0 Å². The van der Waals surface area contributed by atoms with Gasteiger partial charge in [-0.05, 0) is 51.0 Å². The number of aliphatic hydroxyl groups is 3. The van der Waals surface area contributed by atoms with Crippen LogP contribution in [0.2, 0.25) is 0 Å². The van der Waals surface area contributed by atoms with Gasteiger partial charge in [0.05, 0.1) is 33.7 Å². The Bertz CT molecular complexity index is 1330. The molecule has 3 heterocycles. The highest BCUT2D eigenvalue weighted by Crippen LogP contribution is 2.40. The number of aliphatic hydroxyl groups excluding tert-OH is 2. The first-order chi connectivity index (χ1) is 16.9. The van der Waals surface area contributed by atoms with Crippen LogP contribution in [0, 0.1) is 19.8 Å². The molecule has 3 atom stereocenters. The summed E-state index contributed by atoms with van der Waals surface area (Å²) in [5.74, 6) is 0.329. The summed E-state index contributed by atoms with van der Waals surface area (Å²) in [6, 6.07) is 13.7. The molecule has 9 nitrogen and oxygen atoms in total. The van der Waals surface area contributed by atoms with Gasteiger partial charge in [-0.2, -0.15) is 4.98 Å². The molecule has 1 fully saturated rings. The summed E-state index contributed by atoms with van der Waals surface area (Å²) in [7, 11) is 0. The second-order valence-corrected chi connectivity index (χ2v) is 9.97. The van der Waals surface area contributed by atoms with E-state index in [4.69, 9.17) is 4.98 Å². The standard InChI is InChI=1S/C25H28N6O3S/c1-14-6-5-7-17(27-14)12-26-24-28-15(2)20(23-29-18-8-3-4-9-19(18)35-23)22(30-24)31-25(34)11-10-16(13-32)21(25)33/h3-9,16,21,32-34H,10-13H2,1-2H3,(H2,26,28,30,31). The average Bonchev–Trinajstić information content (AvgIpc) is 3.38. The summed E-state index contributed by atoms with van der Waals surface area (Å²) in [6.07, 6.45) is -0.373. The first-order valence-electron chi connectivity index (χ1n) is 11.6. The highest BCUT2D eigenvalue weighted by Gasteiger charge is 2.47. The number of hydrogen-bond donors (Lipinski definition) is 5. The molecule has 10 heteroatoms. The fourth-order valence-electron chi connectivity index (χ4n) is 4.48. The summed E-state index contributed by atoms with van der Waals surface area (Å²) in [4.78, 5) is 18.6. The van der Waals surface area contributed by atoms with Gasteiger partial charge in [-0.1, -0.05) is 18.2 Å². The number of aromatic nitrogens is 4. The molecule has 1 aliphatic rings. The molecule has 0 spiro atoms. The summed E-state index contributed by atoms with van der Waals surface area (Å²) in [5.41, 5.74) is 2.35. The summed E-state index contributed by atoms with van der Waals surface area (Å²) < 4.78 is 1.03. The average molecular weight is 493 g/mol. The molecule has 0 saturated heterocycles. The number of rotatable bonds is 7. The third kappa shape index (κ3) is 4.70. The van der Waals surface area contributed by atoms with E-state index in [1.54, 1.807) is 0 Å². The van der Waals surface area contributed by atoms with E-state index in [-0.39, 0.29) is 13.0 Å². The normalized spacial score (nSPS) is 22.0. The molecule has 0 bridgehead atoms. The SMILES string of the molecule is Cc1cccc(CNc2nc(C)c(-c3nc4ccccc4s3)c(NC3(O)CCC(CO)C3O)n2)n1. The number of pyridine rings is 1. The van der Waals surface area contributed by atoms with Crippen LogP contribution in [0.4, 0.5) is 11.8 Å². The molecule has 1 saturated carbocycles. The van der Waals surface area contributed by atoms with Crippen molar-refractivity contribution in [2.75, 3.05) is 17.2 Å². The second kappa shape index (κ2) is 9.46. The van der Waals surface area contributed by atoms with Crippen molar-refractivity contribution in [3.63, 3.8) is 0 Å². The molecular formula is C25H28N6O3S. The van der Waals surface area contributed by atoms with Gasteiger partial charge in [0.15, 0.2) is 5.72 Å². The molecule has 0 radical (unpaired) electrons. The molecule has 4 aromatic rings. The smallest absolute Gasteiger partial charge is 0.225 e. The van der Waals surface area contributed by atoms with E-state index in [1.165, 1.54) is 11.3 Å². The van der Waals surface area contributed by atoms with E-state index in [0.717, 1.165) is 21.6 Å². The number of benzene rings is 1. The van der Waals surface area contributed by atoms with E-state index in [2.05, 4.69) is 25.6 Å². The second-order valence-electron chi connectivity index (χ2n) is 8.94. The Morgan fingerprint density at radius 2 is 1.89 bits per heavy atom. The Balaban J connectivity index is 1.53. The number of nitrogens with zero attached hydrogens (tertiary/aromatic N) is 4. The first-order valence-corrected chi connectivity index (χ1v) is 12.4. The number of nitrogens with one attached hydrogen (secondary N) is 2. The fraction of sp³-hybridized carbons (Fsp3) is 0.360. The number of aryl methyl sites for hydroxylation is 2. The van der Waals surface area contributed by atoms with Gasteiger partial charge in [-0.15, -0.1) is 11.3 Å². The molecule has 1 aliphatic carbocycles. The Morgan fingerprint density at radius 1 is 1.06 bits per heavy atom. The lowest BCUT2D eigenvalue weighted by Gasteiger charge is -2.31. The highest BCUT2D eigenvalue weighted by atomic mass is 32.1. The van der Waals surface area contributed by atoms with Crippen molar-refractivity contribution < 1.29 is 15.3 Å². The maximum Gasteiger partial charge on any atom is 0.225 e. The number of para-hydroxylation sites is 1. The lowest BCUT2D eigenvalue weighted by molar-refractivity contribution is -0.0545. The van der Waals surface area contributed by atoms with Crippen LogP contribution < -0.4 is 10.6 Å². The van der Waals surface area contributed by atoms with E-state index in [9.17, 15) is 15.3 Å². The third-order valence-electron chi connectivity index (χ3n) is 6.37. The molecule has 35 heavy (non-hydrogen) atoms. The van der Waals surface area contributed by atoms with Crippen molar-refractivity contribution in [3.8, 4) is 10.6 Å². The Kier molecular flexibility index (Phi) is 6.37. The summed E-state index contributed by atoms with van der Waals surface area (Å²) >= 11 is 1.51. The van der Waals surface area contributed by atoms with Gasteiger partial charge in [0, 0.05) is 18.2 Å². The predicted molar refractivity (Wildman–Crippen MR) is 136 cm³/mol. The van der Waals surface area contributed by atoms with Gasteiger partial charge in [0.25, 0.3) is 0 Å². The fourth-order valence-corrected chi connectivity index (χ4v) is 5.54. The van der Waals surface area contributed by atoms with Crippen molar-refractivity contribution >= 4 is 33.3 Å². The van der Waals surface area contributed by atoms with Gasteiger partial charge in [0.1, 0.15) is 16.9 Å². The summed E-state index contributed by atoms with van der Waals surface area (Å²) in [6.45, 7) is 4.04. The number of thiazole rings is 1. The van der Waals surface area contributed by atoms with Gasteiger partial charge >= 0.3 is 0 Å². The number of anilines is 2. The van der Waals surface area contributed by atoms with Crippen molar-refractivity contribution in [1.82, 2.24) is 19.9 Å². The molecule has 5 rings (SSSR count). The minimum Gasteiger partial charge on any atom is -0.396 e. The molecule has 0 amide bonds. The van der Waals surface area contributed by atoms with Gasteiger partial charge in [-0.25, -0.2) is 9.97 Å². The summed E-state index contributed by atoms with van der Waals surface area (Å²) in [5, 5.41) is 38.6. The largest absolute Gasteiger partial charge is 0.396 e. The molecule has 182 valence electrons. The van der Waals surface area contributed by atoms with Gasteiger partial charge in [0.2, 0.25) is 5.95 Å². The lowest BCUT2D eigenvalue weighted by atomic mass is 10.0. The van der Waals surface area contributed by atoms with Crippen LogP contribution in [-0.2, 0) is 6.54 Å². The maximum absolute atomic E-state index is 11.3. The molecule has 3 aromatic heterocycles. The zero-order valence-electron chi connectivity index (χ0n) is 19.6. The number of fused-ring (bicyclic) bond motifs is 1. The maximum atomic E-state index is 11.3. The predicted octanol–water partition coefficient (Wildman–Crippen LogP) is 3.24. The van der Waals surface area contributed by atoms with E-state index < -0.39 is 17.7 Å². The Morgan fingerprint density at radius 3 is 2.63 bits per heavy atom. The minimum absolute atomic E-state index is 0.199. The Labute approximate surface area is 207 Å². The van der Waals surface area contributed by atoms with Crippen LogP contribution in [-0.4, -0.2) is 53.7 Å². The lowest BCUT2D eigenvalue weighted by Crippen LogP contribution is -2.48. The van der Waals surface area contributed by atoms with E-state index in [1.807, 2.05) is 56.3 Å².